The minimum absolute atomic E-state index is 0.0585. The van der Waals surface area contributed by atoms with Crippen molar-refractivity contribution in [1.29, 1.82) is 0 Å². The lowest BCUT2D eigenvalue weighted by molar-refractivity contribution is -0.588. The van der Waals surface area contributed by atoms with Gasteiger partial charge in [-0.2, -0.15) is 52.7 Å². The fourth-order valence-corrected chi connectivity index (χ4v) is 5.51. The Morgan fingerprint density at radius 1 is 0.591 bits per heavy atom. The van der Waals surface area contributed by atoms with E-state index in [4.69, 9.17) is 0 Å². The summed E-state index contributed by atoms with van der Waals surface area (Å²) in [4.78, 5) is 0. The maximum atomic E-state index is 13.8. The molecular weight excluding hydrogens is 622 g/mol. The predicted molar refractivity (Wildman–Crippen MR) is 131 cm³/mol. The Kier molecular flexibility index (Phi) is 7.47. The van der Waals surface area contributed by atoms with Crippen LogP contribution in [0.2, 0.25) is 0 Å². The van der Waals surface area contributed by atoms with Gasteiger partial charge in [-0.3, -0.25) is 0 Å². The van der Waals surface area contributed by atoms with E-state index in [1.165, 1.54) is 15.9 Å². The number of aliphatic hydroxyl groups is 1. The Balaban J connectivity index is 1.81. The lowest BCUT2D eigenvalue weighted by Gasteiger charge is -2.35. The lowest BCUT2D eigenvalue weighted by Crippen LogP contribution is -2.47. The lowest BCUT2D eigenvalue weighted by atomic mass is 9.77. The average Bonchev–Trinajstić information content (AvgIpc) is 3.52. The highest BCUT2D eigenvalue weighted by atomic mass is 19.4. The van der Waals surface area contributed by atoms with Crippen LogP contribution in [0, 0.1) is 0 Å². The molecule has 16 heteroatoms. The Morgan fingerprint density at radius 3 is 1.36 bits per heavy atom. The summed E-state index contributed by atoms with van der Waals surface area (Å²) in [6.07, 6.45) is -21.4. The number of benzene rings is 3. The zero-order chi connectivity index (χ0) is 32.5. The molecule has 5 rings (SSSR count). The quantitative estimate of drug-likeness (QED) is 0.228. The first-order valence-corrected chi connectivity index (χ1v) is 12.7. The van der Waals surface area contributed by atoms with Crippen molar-refractivity contribution in [2.45, 2.75) is 55.4 Å². The molecule has 0 amide bonds. The van der Waals surface area contributed by atoms with Crippen LogP contribution >= 0.6 is 0 Å². The van der Waals surface area contributed by atoms with E-state index >= 15 is 0 Å². The number of hydrogen-bond acceptors (Lipinski definition) is 3. The Bertz CT molecular complexity index is 1440. The Labute approximate surface area is 240 Å². The minimum atomic E-state index is -5.43. The van der Waals surface area contributed by atoms with Gasteiger partial charge >= 0.3 is 24.7 Å². The number of nitrogens with one attached hydrogen (secondary N) is 1. The fourth-order valence-electron chi connectivity index (χ4n) is 5.51. The molecule has 4 nitrogen and oxygen atoms in total. The number of para-hydroxylation sites is 1. The molecule has 2 atom stereocenters. The number of anilines is 1. The number of fused-ring (bicyclic) bond motifs is 1. The van der Waals surface area contributed by atoms with E-state index < -0.39 is 75.9 Å². The highest BCUT2D eigenvalue weighted by molar-refractivity contribution is 5.76. The van der Waals surface area contributed by atoms with Crippen molar-refractivity contribution in [2.24, 2.45) is 0 Å². The molecule has 1 saturated heterocycles. The molecule has 2 N–H and O–H groups in total. The molecule has 2 aliphatic heterocycles. The van der Waals surface area contributed by atoms with E-state index in [1.54, 1.807) is 30.3 Å². The number of hydrogen-bond donors (Lipinski definition) is 2. The first kappa shape index (κ1) is 31.6. The summed E-state index contributed by atoms with van der Waals surface area (Å²) in [6, 6.07) is 6.50. The van der Waals surface area contributed by atoms with Gasteiger partial charge in [0, 0.05) is 6.42 Å². The third-order valence-electron chi connectivity index (χ3n) is 7.54. The smallest absolute Gasteiger partial charge is 0.376 e. The van der Waals surface area contributed by atoms with Crippen LogP contribution < -0.4 is 10.4 Å². The van der Waals surface area contributed by atoms with Crippen LogP contribution in [0.3, 0.4) is 0 Å². The van der Waals surface area contributed by atoms with Crippen LogP contribution in [-0.2, 0) is 30.3 Å². The Morgan fingerprint density at radius 2 is 0.977 bits per heavy atom. The Hall–Kier alpha value is -3.79. The molecule has 0 saturated carbocycles. The summed E-state index contributed by atoms with van der Waals surface area (Å²) < 4.78 is 167. The number of alkyl halides is 12. The molecule has 0 bridgehead atoms. The van der Waals surface area contributed by atoms with Crippen molar-refractivity contribution in [1.82, 2.24) is 5.43 Å². The maximum Gasteiger partial charge on any atom is 0.416 e. The number of halogens is 12. The molecule has 0 radical (unpaired) electrons. The van der Waals surface area contributed by atoms with E-state index in [0.29, 0.717) is 5.69 Å². The van der Waals surface area contributed by atoms with E-state index in [-0.39, 0.29) is 49.2 Å². The van der Waals surface area contributed by atoms with Gasteiger partial charge in [0.1, 0.15) is 11.7 Å². The van der Waals surface area contributed by atoms with Gasteiger partial charge < -0.3 is 5.11 Å². The summed E-state index contributed by atoms with van der Waals surface area (Å²) in [6.45, 7) is 0. The summed E-state index contributed by atoms with van der Waals surface area (Å²) in [7, 11) is 0. The van der Waals surface area contributed by atoms with Crippen LogP contribution in [0.4, 0.5) is 58.4 Å². The second-order valence-corrected chi connectivity index (χ2v) is 10.4. The number of nitrogens with zero attached hydrogens (tertiary/aromatic N) is 2. The standard InChI is InChI=1S/C28H20F12N3O/c29-25(30,31)17-8-15(9-18(12-17)26(32,33)34)24(44,16-10-19(27(35,36)37)13-20(11-16)28(38,39)40)22-6-7-23-41-43(14-42(22)23)21-4-2-1-3-5-21/h1-5,8-14,22-23,41,44H,6-7H2/q+1. The third-order valence-corrected chi connectivity index (χ3v) is 7.54. The molecule has 0 aliphatic carbocycles. The fraction of sp³-hybridized carbons (Fsp3) is 0.321. The molecule has 3 aromatic carbocycles. The van der Waals surface area contributed by atoms with Gasteiger partial charge in [0.25, 0.3) is 6.34 Å². The molecule has 1 fully saturated rings. The first-order valence-electron chi connectivity index (χ1n) is 12.7. The summed E-state index contributed by atoms with van der Waals surface area (Å²) in [5, 5.41) is 13.6. The molecule has 2 unspecified atom stereocenters. The van der Waals surface area contributed by atoms with Crippen molar-refractivity contribution in [2.75, 3.05) is 5.01 Å². The zero-order valence-electron chi connectivity index (χ0n) is 21.9. The summed E-state index contributed by atoms with van der Waals surface area (Å²) in [5.41, 5.74) is -9.78. The van der Waals surface area contributed by atoms with Gasteiger partial charge in [-0.15, -0.1) is 10.4 Å². The zero-order valence-corrected chi connectivity index (χ0v) is 21.9. The second-order valence-electron chi connectivity index (χ2n) is 10.4. The van der Waals surface area contributed by atoms with Gasteiger partial charge in [-0.05, 0) is 66.1 Å². The van der Waals surface area contributed by atoms with E-state index in [0.717, 1.165) is 0 Å². The van der Waals surface area contributed by atoms with E-state index in [1.807, 2.05) is 0 Å². The monoisotopic (exact) mass is 642 g/mol. The largest absolute Gasteiger partial charge is 0.416 e. The van der Waals surface area contributed by atoms with Gasteiger partial charge in [-0.25, -0.2) is 4.58 Å². The first-order chi connectivity index (χ1) is 20.2. The molecule has 44 heavy (non-hydrogen) atoms. The van der Waals surface area contributed by atoms with Crippen LogP contribution in [0.25, 0.3) is 0 Å². The van der Waals surface area contributed by atoms with Crippen LogP contribution in [-0.4, -0.2) is 28.2 Å². The van der Waals surface area contributed by atoms with Crippen molar-refractivity contribution in [3.63, 3.8) is 0 Å². The van der Waals surface area contributed by atoms with Crippen molar-refractivity contribution >= 4 is 12.0 Å². The minimum Gasteiger partial charge on any atom is -0.376 e. The molecule has 0 spiro atoms. The van der Waals surface area contributed by atoms with Gasteiger partial charge in [0.15, 0.2) is 11.8 Å². The van der Waals surface area contributed by atoms with Crippen molar-refractivity contribution in [3.05, 3.63) is 100 Å². The van der Waals surface area contributed by atoms with Crippen LogP contribution in [0.1, 0.15) is 46.2 Å². The van der Waals surface area contributed by atoms with E-state index in [2.05, 4.69) is 5.43 Å². The normalized spacial score (nSPS) is 19.8. The average molecular weight is 642 g/mol. The van der Waals surface area contributed by atoms with Gasteiger partial charge in [-0.1, -0.05) is 18.2 Å². The van der Waals surface area contributed by atoms with Crippen LogP contribution in [0.5, 0.6) is 0 Å². The summed E-state index contributed by atoms with van der Waals surface area (Å²) in [5.74, 6) is 0. The highest BCUT2D eigenvalue weighted by Crippen LogP contribution is 2.47. The maximum absolute atomic E-state index is 13.8. The predicted octanol–water partition coefficient (Wildman–Crippen LogP) is 7.55. The summed E-state index contributed by atoms with van der Waals surface area (Å²) >= 11 is 0. The molecule has 236 valence electrons. The number of hydrazine groups is 1. The molecule has 0 aromatic heterocycles. The third kappa shape index (κ3) is 5.84. The highest BCUT2D eigenvalue weighted by Gasteiger charge is 2.55. The van der Waals surface area contributed by atoms with Gasteiger partial charge in [0.05, 0.1) is 22.3 Å². The second kappa shape index (κ2) is 10.4. The van der Waals surface area contributed by atoms with Crippen molar-refractivity contribution < 1.29 is 62.4 Å². The van der Waals surface area contributed by atoms with Crippen molar-refractivity contribution in [3.8, 4) is 0 Å². The van der Waals surface area contributed by atoms with Gasteiger partial charge in [0.2, 0.25) is 0 Å². The molecular formula is C28H20F12N3O+. The topological polar surface area (TPSA) is 38.5 Å². The molecule has 2 heterocycles. The molecule has 2 aliphatic rings. The van der Waals surface area contributed by atoms with E-state index in [9.17, 15) is 57.8 Å². The van der Waals surface area contributed by atoms with Crippen LogP contribution in [0.15, 0.2) is 66.7 Å². The number of rotatable bonds is 4. The SMILES string of the molecule is OC(c1cc(C(F)(F)F)cc(C(F)(F)F)c1)(c1cc(C(F)(F)F)cc(C(F)(F)F)c1)C1CCC2NN(c3ccccc3)C=[N+]21. The molecule has 3 aromatic rings.